The summed E-state index contributed by atoms with van der Waals surface area (Å²) in [5.74, 6) is -1.48. The highest BCUT2D eigenvalue weighted by atomic mass is 35.5. The molecule has 7 heteroatoms. The summed E-state index contributed by atoms with van der Waals surface area (Å²) in [6.45, 7) is 6.14. The van der Waals surface area contributed by atoms with Gasteiger partial charge in [0.15, 0.2) is 0 Å². The highest BCUT2D eigenvalue weighted by Crippen LogP contribution is 2.43. The normalized spacial score (nSPS) is 17.8. The third-order valence-corrected chi connectivity index (χ3v) is 6.09. The van der Waals surface area contributed by atoms with Crippen molar-refractivity contribution in [3.63, 3.8) is 0 Å². The molecule has 0 spiro atoms. The molecule has 2 heterocycles. The number of amides is 1. The maximum atomic E-state index is 13.3. The second kappa shape index (κ2) is 8.95. The number of aromatic nitrogens is 1. The number of Topliss-reactive ketones (excluding diaryl/α,β-unsaturated/α-hetero) is 1. The van der Waals surface area contributed by atoms with Crippen LogP contribution in [0.5, 0.6) is 5.75 Å². The molecule has 1 amide bonds. The zero-order valence-electron chi connectivity index (χ0n) is 19.4. The predicted octanol–water partition coefficient (Wildman–Crippen LogP) is 5.67. The molecule has 1 atom stereocenters. The number of hydrogen-bond acceptors (Lipinski definition) is 5. The van der Waals surface area contributed by atoms with E-state index < -0.39 is 17.7 Å². The van der Waals surface area contributed by atoms with Gasteiger partial charge < -0.3 is 9.84 Å². The van der Waals surface area contributed by atoms with Gasteiger partial charge in [-0.2, -0.15) is 0 Å². The van der Waals surface area contributed by atoms with Crippen molar-refractivity contribution in [2.75, 3.05) is 12.0 Å². The zero-order valence-corrected chi connectivity index (χ0v) is 20.1. The average molecular weight is 477 g/mol. The van der Waals surface area contributed by atoms with E-state index in [2.05, 4.69) is 4.98 Å². The molecule has 0 saturated carbocycles. The molecule has 1 fully saturated rings. The number of nitrogens with zero attached hydrogens (tertiary/aromatic N) is 2. The molecule has 174 valence electrons. The SMILES string of the molecule is COc1ccc(C(C)(C)C)cc1/C(O)=C1\C(=O)C(=O)N(c2ccc(Cl)cc2)C1c1ccccn1. The van der Waals surface area contributed by atoms with Crippen LogP contribution in [-0.2, 0) is 15.0 Å². The van der Waals surface area contributed by atoms with Crippen molar-refractivity contribution in [2.45, 2.75) is 32.2 Å². The van der Waals surface area contributed by atoms with Crippen molar-refractivity contribution in [3.05, 3.63) is 94.3 Å². The van der Waals surface area contributed by atoms with Gasteiger partial charge in [0.1, 0.15) is 17.6 Å². The van der Waals surface area contributed by atoms with E-state index in [0.29, 0.717) is 27.7 Å². The number of rotatable bonds is 4. The number of ketones is 1. The second-order valence-electron chi connectivity index (χ2n) is 9.07. The number of ether oxygens (including phenoxy) is 1. The van der Waals surface area contributed by atoms with E-state index in [1.54, 1.807) is 60.8 Å². The van der Waals surface area contributed by atoms with Crippen LogP contribution in [0, 0.1) is 0 Å². The highest BCUT2D eigenvalue weighted by Gasteiger charge is 2.48. The Hall–Kier alpha value is -3.64. The summed E-state index contributed by atoms with van der Waals surface area (Å²) < 4.78 is 5.49. The van der Waals surface area contributed by atoms with Gasteiger partial charge in [0.25, 0.3) is 11.7 Å². The molecule has 1 N–H and O–H groups in total. The summed E-state index contributed by atoms with van der Waals surface area (Å²) >= 11 is 6.03. The molecule has 1 unspecified atom stereocenters. The molecule has 0 aliphatic carbocycles. The van der Waals surface area contributed by atoms with Gasteiger partial charge >= 0.3 is 0 Å². The molecule has 2 aromatic carbocycles. The first-order chi connectivity index (χ1) is 16.1. The van der Waals surface area contributed by atoms with Crippen molar-refractivity contribution in [1.29, 1.82) is 0 Å². The number of halogens is 1. The van der Waals surface area contributed by atoms with Gasteiger partial charge in [0.05, 0.1) is 23.9 Å². The van der Waals surface area contributed by atoms with Crippen LogP contribution in [-0.4, -0.2) is 28.9 Å². The Kier molecular flexibility index (Phi) is 6.19. The van der Waals surface area contributed by atoms with E-state index in [1.807, 2.05) is 26.8 Å². The Morgan fingerprint density at radius 3 is 2.35 bits per heavy atom. The molecule has 1 aliphatic heterocycles. The Morgan fingerprint density at radius 1 is 1.06 bits per heavy atom. The molecule has 0 bridgehead atoms. The number of anilines is 1. The van der Waals surface area contributed by atoms with Gasteiger partial charge in [0, 0.05) is 16.9 Å². The van der Waals surface area contributed by atoms with Crippen LogP contribution in [0.15, 0.2) is 72.4 Å². The van der Waals surface area contributed by atoms with E-state index in [-0.39, 0.29) is 16.7 Å². The number of methoxy groups -OCH3 is 1. The monoisotopic (exact) mass is 476 g/mol. The fraction of sp³-hybridized carbons (Fsp3) is 0.222. The van der Waals surface area contributed by atoms with Crippen LogP contribution >= 0.6 is 11.6 Å². The Morgan fingerprint density at radius 2 is 1.76 bits per heavy atom. The minimum Gasteiger partial charge on any atom is -0.507 e. The van der Waals surface area contributed by atoms with Gasteiger partial charge in [-0.05, 0) is 59.5 Å². The smallest absolute Gasteiger partial charge is 0.300 e. The number of benzene rings is 2. The third-order valence-electron chi connectivity index (χ3n) is 5.84. The molecule has 3 aromatic rings. The van der Waals surface area contributed by atoms with Gasteiger partial charge in [-0.15, -0.1) is 0 Å². The van der Waals surface area contributed by atoms with E-state index in [9.17, 15) is 14.7 Å². The lowest BCUT2D eigenvalue weighted by Gasteiger charge is -2.25. The van der Waals surface area contributed by atoms with Crippen molar-refractivity contribution in [3.8, 4) is 5.75 Å². The summed E-state index contributed by atoms with van der Waals surface area (Å²) in [6.07, 6.45) is 1.58. The fourth-order valence-electron chi connectivity index (χ4n) is 4.02. The van der Waals surface area contributed by atoms with Crippen LogP contribution in [0.2, 0.25) is 5.02 Å². The van der Waals surface area contributed by atoms with Crippen molar-refractivity contribution >= 4 is 34.7 Å². The topological polar surface area (TPSA) is 79.7 Å². The number of aliphatic hydroxyl groups excluding tert-OH is 1. The number of carbonyl (C=O) groups is 2. The number of hydrogen-bond donors (Lipinski definition) is 1. The lowest BCUT2D eigenvalue weighted by molar-refractivity contribution is -0.132. The first kappa shape index (κ1) is 23.5. The van der Waals surface area contributed by atoms with E-state index >= 15 is 0 Å². The van der Waals surface area contributed by atoms with Crippen molar-refractivity contribution in [2.24, 2.45) is 0 Å². The zero-order chi connectivity index (χ0) is 24.6. The second-order valence-corrected chi connectivity index (χ2v) is 9.50. The van der Waals surface area contributed by atoms with Crippen LogP contribution in [0.25, 0.3) is 5.76 Å². The number of carbonyl (C=O) groups excluding carboxylic acids is 2. The molecule has 1 aromatic heterocycles. The molecule has 0 radical (unpaired) electrons. The first-order valence-corrected chi connectivity index (χ1v) is 11.2. The summed E-state index contributed by atoms with van der Waals surface area (Å²) in [5, 5.41) is 12.0. The van der Waals surface area contributed by atoms with Gasteiger partial charge in [-0.3, -0.25) is 19.5 Å². The molecule has 34 heavy (non-hydrogen) atoms. The van der Waals surface area contributed by atoms with Gasteiger partial charge in [-0.1, -0.05) is 44.5 Å². The van der Waals surface area contributed by atoms with Crippen LogP contribution in [0.1, 0.15) is 43.6 Å². The van der Waals surface area contributed by atoms with E-state index in [1.165, 1.54) is 12.0 Å². The third kappa shape index (κ3) is 4.17. The lowest BCUT2D eigenvalue weighted by atomic mass is 9.85. The van der Waals surface area contributed by atoms with Crippen LogP contribution in [0.4, 0.5) is 5.69 Å². The number of aliphatic hydroxyl groups is 1. The highest BCUT2D eigenvalue weighted by molar-refractivity contribution is 6.51. The molecule has 4 rings (SSSR count). The fourth-order valence-corrected chi connectivity index (χ4v) is 4.15. The minimum absolute atomic E-state index is 0.0528. The summed E-state index contributed by atoms with van der Waals surface area (Å²) in [5.41, 5.74) is 1.93. The van der Waals surface area contributed by atoms with Crippen molar-refractivity contribution in [1.82, 2.24) is 4.98 Å². The van der Waals surface area contributed by atoms with Crippen molar-refractivity contribution < 1.29 is 19.4 Å². The Bertz CT molecular complexity index is 1280. The quantitative estimate of drug-likeness (QED) is 0.298. The Labute approximate surface area is 203 Å². The van der Waals surface area contributed by atoms with Crippen LogP contribution in [0.3, 0.4) is 0 Å². The molecule has 1 aliphatic rings. The van der Waals surface area contributed by atoms with E-state index in [0.717, 1.165) is 5.56 Å². The number of pyridine rings is 1. The van der Waals surface area contributed by atoms with Gasteiger partial charge in [-0.25, -0.2) is 0 Å². The molecular weight excluding hydrogens is 452 g/mol. The maximum absolute atomic E-state index is 13.3. The summed E-state index contributed by atoms with van der Waals surface area (Å²) in [4.78, 5) is 32.3. The molecular formula is C27H25ClN2O4. The van der Waals surface area contributed by atoms with E-state index in [4.69, 9.17) is 16.3 Å². The van der Waals surface area contributed by atoms with Crippen LogP contribution < -0.4 is 9.64 Å². The Balaban J connectivity index is 1.98. The maximum Gasteiger partial charge on any atom is 0.300 e. The minimum atomic E-state index is -0.926. The first-order valence-electron chi connectivity index (χ1n) is 10.8. The molecule has 1 saturated heterocycles. The molecule has 6 nitrogen and oxygen atoms in total. The summed E-state index contributed by atoms with van der Waals surface area (Å²) in [7, 11) is 1.49. The predicted molar refractivity (Wildman–Crippen MR) is 132 cm³/mol. The average Bonchev–Trinajstić information content (AvgIpc) is 3.09. The van der Waals surface area contributed by atoms with Gasteiger partial charge in [0.2, 0.25) is 0 Å². The lowest BCUT2D eigenvalue weighted by Crippen LogP contribution is -2.29. The standard InChI is InChI=1S/C27H25ClN2O4/c1-27(2,3)16-8-13-21(34-4)19(15-16)24(31)22-23(20-7-5-6-14-29-20)30(26(33)25(22)32)18-11-9-17(28)10-12-18/h5-15,23,31H,1-4H3/b24-22+. The largest absolute Gasteiger partial charge is 0.507 e. The summed E-state index contributed by atoms with van der Waals surface area (Å²) in [6, 6.07) is 16.4.